The molecule has 0 bridgehead atoms. The van der Waals surface area contributed by atoms with Crippen molar-refractivity contribution < 1.29 is 14.4 Å². The lowest BCUT2D eigenvalue weighted by molar-refractivity contribution is -0.121. The molecule has 18 heavy (non-hydrogen) atoms. The quantitative estimate of drug-likeness (QED) is 0.468. The molecule has 2 aliphatic heterocycles. The second-order valence-corrected chi connectivity index (χ2v) is 4.32. The SMILES string of the molecule is CCCCNC(=O)CN1C(=O)N[C@@H]2NC(=O)N[C@@H]21. The van der Waals surface area contributed by atoms with Gasteiger partial charge in [0.1, 0.15) is 18.9 Å². The van der Waals surface area contributed by atoms with Gasteiger partial charge in [0, 0.05) is 6.54 Å². The van der Waals surface area contributed by atoms with E-state index in [0.717, 1.165) is 12.8 Å². The molecule has 0 aromatic heterocycles. The Morgan fingerprint density at radius 2 is 2.11 bits per heavy atom. The van der Waals surface area contributed by atoms with Crippen LogP contribution in [0.2, 0.25) is 0 Å². The molecule has 2 rings (SSSR count). The van der Waals surface area contributed by atoms with Gasteiger partial charge in [0.25, 0.3) is 0 Å². The van der Waals surface area contributed by atoms with E-state index in [2.05, 4.69) is 21.3 Å². The molecule has 0 radical (unpaired) electrons. The molecular formula is C10H17N5O3. The van der Waals surface area contributed by atoms with E-state index in [1.54, 1.807) is 0 Å². The predicted octanol–water partition coefficient (Wildman–Crippen LogP) is -1.11. The Balaban J connectivity index is 1.86. The molecule has 0 aromatic rings. The molecule has 8 nitrogen and oxygen atoms in total. The number of carbonyl (C=O) groups is 3. The zero-order valence-corrected chi connectivity index (χ0v) is 10.2. The lowest BCUT2D eigenvalue weighted by Crippen LogP contribution is -2.48. The monoisotopic (exact) mass is 255 g/mol. The van der Waals surface area contributed by atoms with Gasteiger partial charge in [-0.1, -0.05) is 13.3 Å². The van der Waals surface area contributed by atoms with Crippen molar-refractivity contribution in [3.8, 4) is 0 Å². The van der Waals surface area contributed by atoms with Gasteiger partial charge < -0.3 is 21.3 Å². The topological polar surface area (TPSA) is 103 Å². The summed E-state index contributed by atoms with van der Waals surface area (Å²) in [5.74, 6) is -0.222. The van der Waals surface area contributed by atoms with Gasteiger partial charge in [0.15, 0.2) is 0 Å². The van der Waals surface area contributed by atoms with Gasteiger partial charge in [-0.2, -0.15) is 0 Å². The van der Waals surface area contributed by atoms with Crippen molar-refractivity contribution in [3.63, 3.8) is 0 Å². The van der Waals surface area contributed by atoms with Crippen LogP contribution in [0.3, 0.4) is 0 Å². The molecule has 2 atom stereocenters. The molecule has 100 valence electrons. The number of rotatable bonds is 5. The van der Waals surface area contributed by atoms with Crippen molar-refractivity contribution in [2.24, 2.45) is 0 Å². The predicted molar refractivity (Wildman–Crippen MR) is 62.4 cm³/mol. The van der Waals surface area contributed by atoms with E-state index in [-0.39, 0.29) is 24.5 Å². The molecular weight excluding hydrogens is 238 g/mol. The van der Waals surface area contributed by atoms with Crippen LogP contribution in [0.5, 0.6) is 0 Å². The maximum Gasteiger partial charge on any atom is 0.321 e. The first kappa shape index (κ1) is 12.5. The first-order valence-electron chi connectivity index (χ1n) is 6.02. The molecule has 0 aromatic carbocycles. The first-order chi connectivity index (χ1) is 8.61. The average Bonchev–Trinajstić information content (AvgIpc) is 2.78. The van der Waals surface area contributed by atoms with Crippen molar-refractivity contribution in [1.29, 1.82) is 0 Å². The highest BCUT2D eigenvalue weighted by atomic mass is 16.2. The summed E-state index contributed by atoms with van der Waals surface area (Å²) < 4.78 is 0. The smallest absolute Gasteiger partial charge is 0.321 e. The third-order valence-corrected chi connectivity index (χ3v) is 2.92. The molecule has 0 saturated carbocycles. The zero-order chi connectivity index (χ0) is 13.1. The lowest BCUT2D eigenvalue weighted by atomic mass is 10.3. The van der Waals surface area contributed by atoms with Crippen LogP contribution in [-0.2, 0) is 4.79 Å². The molecule has 2 aliphatic rings. The van der Waals surface area contributed by atoms with Crippen molar-refractivity contribution in [3.05, 3.63) is 0 Å². The number of unbranched alkanes of at least 4 members (excludes halogenated alkanes) is 1. The summed E-state index contributed by atoms with van der Waals surface area (Å²) in [6, 6.07) is -0.704. The molecule has 2 saturated heterocycles. The highest BCUT2D eigenvalue weighted by Crippen LogP contribution is 2.13. The van der Waals surface area contributed by atoms with E-state index >= 15 is 0 Å². The standard InChI is InChI=1S/C10H17N5O3/c1-2-3-4-11-6(16)5-15-8-7(13-10(15)18)12-9(17)14-8/h7-8H,2-5H2,1H3,(H,11,16)(H,13,18)(H2,12,14,17)/t7-,8+/m0/s1. The molecule has 5 amide bonds. The van der Waals surface area contributed by atoms with Crippen molar-refractivity contribution >= 4 is 18.0 Å². The van der Waals surface area contributed by atoms with Crippen LogP contribution in [0.15, 0.2) is 0 Å². The second kappa shape index (κ2) is 5.11. The van der Waals surface area contributed by atoms with Crippen molar-refractivity contribution in [1.82, 2.24) is 26.2 Å². The molecule has 4 N–H and O–H groups in total. The molecule has 0 unspecified atom stereocenters. The van der Waals surface area contributed by atoms with Crippen LogP contribution in [0, 0.1) is 0 Å². The molecule has 0 aliphatic carbocycles. The van der Waals surface area contributed by atoms with Gasteiger partial charge >= 0.3 is 12.1 Å². The van der Waals surface area contributed by atoms with Gasteiger partial charge in [0.05, 0.1) is 0 Å². The number of nitrogens with zero attached hydrogens (tertiary/aromatic N) is 1. The summed E-state index contributed by atoms with van der Waals surface area (Å²) >= 11 is 0. The molecule has 2 heterocycles. The number of fused-ring (bicyclic) bond motifs is 1. The lowest BCUT2D eigenvalue weighted by Gasteiger charge is -2.20. The van der Waals surface area contributed by atoms with Gasteiger partial charge in [-0.05, 0) is 6.42 Å². The highest BCUT2D eigenvalue weighted by Gasteiger charge is 2.45. The summed E-state index contributed by atoms with van der Waals surface area (Å²) in [7, 11) is 0. The number of hydrogen-bond acceptors (Lipinski definition) is 3. The third-order valence-electron chi connectivity index (χ3n) is 2.92. The molecule has 8 heteroatoms. The number of urea groups is 2. The average molecular weight is 255 g/mol. The van der Waals surface area contributed by atoms with Crippen LogP contribution < -0.4 is 21.3 Å². The zero-order valence-electron chi connectivity index (χ0n) is 10.2. The Kier molecular flexibility index (Phi) is 3.54. The maximum absolute atomic E-state index is 11.6. The van der Waals surface area contributed by atoms with Crippen molar-refractivity contribution in [2.45, 2.75) is 32.1 Å². The fourth-order valence-electron chi connectivity index (χ4n) is 1.98. The Hall–Kier alpha value is -1.99. The van der Waals surface area contributed by atoms with Crippen LogP contribution in [-0.4, -0.2) is 48.3 Å². The number of nitrogens with one attached hydrogen (secondary N) is 4. The van der Waals surface area contributed by atoms with Crippen molar-refractivity contribution in [2.75, 3.05) is 13.1 Å². The second-order valence-electron chi connectivity index (χ2n) is 4.32. The van der Waals surface area contributed by atoms with E-state index in [9.17, 15) is 14.4 Å². The van der Waals surface area contributed by atoms with Gasteiger partial charge in [-0.3, -0.25) is 9.69 Å². The van der Waals surface area contributed by atoms with E-state index in [1.165, 1.54) is 4.90 Å². The van der Waals surface area contributed by atoms with E-state index in [1.807, 2.05) is 6.92 Å². The van der Waals surface area contributed by atoms with E-state index < -0.39 is 12.3 Å². The van der Waals surface area contributed by atoms with E-state index in [4.69, 9.17) is 0 Å². The van der Waals surface area contributed by atoms with Crippen LogP contribution in [0.1, 0.15) is 19.8 Å². The molecule has 0 spiro atoms. The number of amides is 5. The third kappa shape index (κ3) is 2.47. The largest absolute Gasteiger partial charge is 0.355 e. The highest BCUT2D eigenvalue weighted by molar-refractivity contribution is 5.88. The summed E-state index contributed by atoms with van der Waals surface area (Å²) in [6.07, 6.45) is 0.938. The Morgan fingerprint density at radius 1 is 1.33 bits per heavy atom. The fraction of sp³-hybridized carbons (Fsp3) is 0.700. The Labute approximate surface area is 104 Å². The van der Waals surface area contributed by atoms with Gasteiger partial charge in [-0.25, -0.2) is 9.59 Å². The Bertz CT molecular complexity index is 373. The van der Waals surface area contributed by atoms with Crippen LogP contribution in [0.4, 0.5) is 9.59 Å². The summed E-state index contributed by atoms with van der Waals surface area (Å²) in [6.45, 7) is 2.58. The number of carbonyl (C=O) groups excluding carboxylic acids is 3. The Morgan fingerprint density at radius 3 is 2.83 bits per heavy atom. The summed E-state index contributed by atoms with van der Waals surface area (Å²) in [4.78, 5) is 35.6. The molecule has 2 fully saturated rings. The van der Waals surface area contributed by atoms with Gasteiger partial charge in [-0.15, -0.1) is 0 Å². The summed E-state index contributed by atoms with van der Waals surface area (Å²) in [5, 5.41) is 10.4. The van der Waals surface area contributed by atoms with Gasteiger partial charge in [0.2, 0.25) is 5.91 Å². The minimum atomic E-state index is -0.498. The van der Waals surface area contributed by atoms with E-state index in [0.29, 0.717) is 6.54 Å². The minimum absolute atomic E-state index is 0.0569. The first-order valence-corrected chi connectivity index (χ1v) is 6.02. The van der Waals surface area contributed by atoms with Crippen LogP contribution in [0.25, 0.3) is 0 Å². The van der Waals surface area contributed by atoms with Crippen LogP contribution >= 0.6 is 0 Å². The normalized spacial score (nSPS) is 25.3. The number of hydrogen-bond donors (Lipinski definition) is 4. The fourth-order valence-corrected chi connectivity index (χ4v) is 1.98. The maximum atomic E-state index is 11.6. The summed E-state index contributed by atoms with van der Waals surface area (Å²) in [5.41, 5.74) is 0. The minimum Gasteiger partial charge on any atom is -0.355 e.